The van der Waals surface area contributed by atoms with Crippen LogP contribution < -0.4 is 15.4 Å². The average molecular weight is 456 g/mol. The van der Waals surface area contributed by atoms with Crippen molar-refractivity contribution >= 4 is 39.5 Å². The number of halogens is 1. The van der Waals surface area contributed by atoms with E-state index in [0.29, 0.717) is 11.4 Å². The maximum Gasteiger partial charge on any atom is 0.244 e. The number of hydrogen-bond donors (Lipinski definition) is 2. The van der Waals surface area contributed by atoms with Crippen LogP contribution in [0.2, 0.25) is 0 Å². The summed E-state index contributed by atoms with van der Waals surface area (Å²) in [4.78, 5) is 27.9. The zero-order valence-electron chi connectivity index (χ0n) is 15.5. The maximum atomic E-state index is 12.0. The predicted molar refractivity (Wildman–Crippen MR) is 113 cm³/mol. The second kappa shape index (κ2) is 9.65. The normalized spacial score (nSPS) is 10.7. The van der Waals surface area contributed by atoms with Gasteiger partial charge in [0.1, 0.15) is 18.4 Å². The second-order valence-electron chi connectivity index (χ2n) is 5.87. The lowest BCUT2D eigenvalue weighted by molar-refractivity contribution is -0.121. The van der Waals surface area contributed by atoms with Crippen molar-refractivity contribution in [3.05, 3.63) is 71.2 Å². The van der Waals surface area contributed by atoms with Crippen molar-refractivity contribution in [1.29, 1.82) is 0 Å². The van der Waals surface area contributed by atoms with Crippen LogP contribution >= 0.6 is 15.9 Å². The Kier molecular flexibility index (Phi) is 6.75. The highest BCUT2D eigenvalue weighted by atomic mass is 79.9. The molecule has 29 heavy (non-hydrogen) atoms. The molecule has 9 heteroatoms. The summed E-state index contributed by atoms with van der Waals surface area (Å²) in [5.41, 5.74) is 2.18. The zero-order chi connectivity index (χ0) is 20.6. The average Bonchev–Trinajstić information content (AvgIpc) is 3.26. The molecule has 0 spiro atoms. The highest BCUT2D eigenvalue weighted by molar-refractivity contribution is 9.10. The van der Waals surface area contributed by atoms with Gasteiger partial charge >= 0.3 is 0 Å². The Bertz CT molecular complexity index is 1020. The lowest BCUT2D eigenvalue weighted by Gasteiger charge is -2.07. The van der Waals surface area contributed by atoms with E-state index in [1.165, 1.54) is 12.4 Å². The number of nitrogens with one attached hydrogen (secondary N) is 2. The Hall–Kier alpha value is -3.46. The molecule has 3 rings (SSSR count). The van der Waals surface area contributed by atoms with Crippen molar-refractivity contribution in [2.75, 3.05) is 19.0 Å². The highest BCUT2D eigenvalue weighted by Gasteiger charge is 2.06. The molecule has 148 valence electrons. The first-order valence-corrected chi connectivity index (χ1v) is 9.39. The number of benzene rings is 2. The molecule has 0 unspecified atom stereocenters. The molecule has 3 aromatic rings. The van der Waals surface area contributed by atoms with Gasteiger partial charge in [0, 0.05) is 21.8 Å². The van der Waals surface area contributed by atoms with Crippen LogP contribution in [0.5, 0.6) is 5.75 Å². The van der Waals surface area contributed by atoms with Gasteiger partial charge in [-0.3, -0.25) is 9.59 Å². The van der Waals surface area contributed by atoms with Gasteiger partial charge in [0.15, 0.2) is 0 Å². The molecule has 1 aromatic heterocycles. The zero-order valence-corrected chi connectivity index (χ0v) is 17.1. The van der Waals surface area contributed by atoms with Gasteiger partial charge in [-0.2, -0.15) is 5.10 Å². The highest BCUT2D eigenvalue weighted by Crippen LogP contribution is 2.24. The largest absolute Gasteiger partial charge is 0.496 e. The quantitative estimate of drug-likeness (QED) is 0.533. The molecule has 1 heterocycles. The van der Waals surface area contributed by atoms with Gasteiger partial charge in [0.25, 0.3) is 0 Å². The summed E-state index contributed by atoms with van der Waals surface area (Å²) < 4.78 is 7.73. The van der Waals surface area contributed by atoms with E-state index in [-0.39, 0.29) is 18.4 Å². The number of ether oxygens (including phenoxy) is 1. The summed E-state index contributed by atoms with van der Waals surface area (Å²) in [6, 6.07) is 12.6. The van der Waals surface area contributed by atoms with Gasteiger partial charge in [-0.1, -0.05) is 15.9 Å². The molecule has 0 bridgehead atoms. The minimum absolute atomic E-state index is 0.149. The number of aromatic nitrogens is 3. The van der Waals surface area contributed by atoms with Crippen LogP contribution in [0.25, 0.3) is 11.8 Å². The van der Waals surface area contributed by atoms with E-state index in [9.17, 15) is 9.59 Å². The molecule has 0 radical (unpaired) electrons. The Morgan fingerprint density at radius 1 is 1.21 bits per heavy atom. The summed E-state index contributed by atoms with van der Waals surface area (Å²) in [6.45, 7) is -0.149. The maximum absolute atomic E-state index is 12.0. The monoisotopic (exact) mass is 455 g/mol. The number of methoxy groups -OCH3 is 1. The number of hydrogen-bond acceptors (Lipinski definition) is 5. The first-order valence-electron chi connectivity index (χ1n) is 8.59. The Morgan fingerprint density at radius 2 is 2.00 bits per heavy atom. The third-order valence-electron chi connectivity index (χ3n) is 3.86. The van der Waals surface area contributed by atoms with Gasteiger partial charge in [-0.05, 0) is 48.5 Å². The number of carbonyl (C=O) groups is 2. The summed E-state index contributed by atoms with van der Waals surface area (Å²) >= 11 is 3.38. The molecule has 0 aliphatic rings. The van der Waals surface area contributed by atoms with Crippen molar-refractivity contribution in [1.82, 2.24) is 20.1 Å². The summed E-state index contributed by atoms with van der Waals surface area (Å²) in [7, 11) is 1.56. The van der Waals surface area contributed by atoms with Crippen LogP contribution in [0.3, 0.4) is 0 Å². The fourth-order valence-electron chi connectivity index (χ4n) is 2.47. The van der Waals surface area contributed by atoms with E-state index in [1.807, 2.05) is 12.1 Å². The summed E-state index contributed by atoms with van der Waals surface area (Å²) in [5, 5.41) is 9.30. The molecule has 8 nitrogen and oxygen atoms in total. The van der Waals surface area contributed by atoms with E-state index in [1.54, 1.807) is 54.5 Å². The van der Waals surface area contributed by atoms with Crippen molar-refractivity contribution in [3.8, 4) is 11.4 Å². The van der Waals surface area contributed by atoms with E-state index < -0.39 is 0 Å². The van der Waals surface area contributed by atoms with Crippen molar-refractivity contribution in [2.24, 2.45) is 0 Å². The first kappa shape index (κ1) is 20.3. The standard InChI is InChI=1S/C20H18BrN5O3/c1-29-18-8-3-15(21)10-14(18)2-9-19(27)23-11-20(28)25-16-4-6-17(7-5-16)26-13-22-12-24-26/h2-10,12-13H,11H2,1H3,(H,23,27)(H,25,28)/b9-2+. The Balaban J connectivity index is 1.50. The smallest absolute Gasteiger partial charge is 0.244 e. The van der Waals surface area contributed by atoms with Gasteiger partial charge in [-0.15, -0.1) is 0 Å². The molecule has 2 aromatic carbocycles. The number of anilines is 1. The fourth-order valence-corrected chi connectivity index (χ4v) is 2.85. The van der Waals surface area contributed by atoms with Gasteiger partial charge in [0.2, 0.25) is 11.8 Å². The first-order chi connectivity index (χ1) is 14.0. The van der Waals surface area contributed by atoms with Crippen LogP contribution in [0.1, 0.15) is 5.56 Å². The van der Waals surface area contributed by atoms with Crippen LogP contribution in [0.4, 0.5) is 5.69 Å². The van der Waals surface area contributed by atoms with Crippen LogP contribution in [-0.4, -0.2) is 40.2 Å². The molecule has 0 saturated heterocycles. The third-order valence-corrected chi connectivity index (χ3v) is 4.36. The number of amides is 2. The number of nitrogens with zero attached hydrogens (tertiary/aromatic N) is 3. The van der Waals surface area contributed by atoms with E-state index in [2.05, 4.69) is 36.6 Å². The van der Waals surface area contributed by atoms with E-state index in [4.69, 9.17) is 4.74 Å². The van der Waals surface area contributed by atoms with Crippen LogP contribution in [-0.2, 0) is 9.59 Å². The lowest BCUT2D eigenvalue weighted by atomic mass is 10.2. The van der Waals surface area contributed by atoms with Crippen LogP contribution in [0, 0.1) is 0 Å². The number of rotatable bonds is 7. The Morgan fingerprint density at radius 3 is 2.69 bits per heavy atom. The third kappa shape index (κ3) is 5.76. The van der Waals surface area contributed by atoms with Crippen molar-refractivity contribution in [2.45, 2.75) is 0 Å². The SMILES string of the molecule is COc1ccc(Br)cc1/C=C/C(=O)NCC(=O)Nc1ccc(-n2cncn2)cc1. The molecular formula is C20H18BrN5O3. The van der Waals surface area contributed by atoms with Crippen molar-refractivity contribution < 1.29 is 14.3 Å². The van der Waals surface area contributed by atoms with Gasteiger partial charge in [0.05, 0.1) is 19.3 Å². The lowest BCUT2D eigenvalue weighted by Crippen LogP contribution is -2.31. The van der Waals surface area contributed by atoms with Gasteiger partial charge in [-0.25, -0.2) is 9.67 Å². The number of carbonyl (C=O) groups excluding carboxylic acids is 2. The molecule has 0 aliphatic heterocycles. The molecule has 0 fully saturated rings. The van der Waals surface area contributed by atoms with Crippen molar-refractivity contribution in [3.63, 3.8) is 0 Å². The molecular weight excluding hydrogens is 438 g/mol. The molecule has 0 aliphatic carbocycles. The topological polar surface area (TPSA) is 98.1 Å². The van der Waals surface area contributed by atoms with Crippen LogP contribution in [0.15, 0.2) is 65.7 Å². The van der Waals surface area contributed by atoms with E-state index in [0.717, 1.165) is 15.7 Å². The predicted octanol–water partition coefficient (Wildman–Crippen LogP) is 2.81. The molecule has 0 atom stereocenters. The summed E-state index contributed by atoms with van der Waals surface area (Å²) in [5.74, 6) is -0.0756. The molecule has 2 amide bonds. The summed E-state index contributed by atoms with van der Waals surface area (Å²) in [6.07, 6.45) is 6.00. The molecule has 2 N–H and O–H groups in total. The molecule has 0 saturated carbocycles. The minimum Gasteiger partial charge on any atom is -0.496 e. The van der Waals surface area contributed by atoms with E-state index >= 15 is 0 Å². The van der Waals surface area contributed by atoms with Gasteiger partial charge < -0.3 is 15.4 Å². The minimum atomic E-state index is -0.385. The Labute approximate surface area is 175 Å². The second-order valence-corrected chi connectivity index (χ2v) is 6.79. The fraction of sp³-hybridized carbons (Fsp3) is 0.100.